The SMILES string of the molecule is NCCN(Cc1ccccc1)S(=O)(=O)c1ccc(F)cc1. The zero-order valence-electron chi connectivity index (χ0n) is 11.4. The van der Waals surface area contributed by atoms with Crippen molar-refractivity contribution in [1.29, 1.82) is 0 Å². The molecule has 0 atom stereocenters. The number of rotatable bonds is 6. The van der Waals surface area contributed by atoms with Crippen LogP contribution in [0.2, 0.25) is 0 Å². The van der Waals surface area contributed by atoms with Crippen molar-refractivity contribution >= 4 is 10.0 Å². The Balaban J connectivity index is 2.30. The lowest BCUT2D eigenvalue weighted by Gasteiger charge is -2.21. The van der Waals surface area contributed by atoms with Crippen LogP contribution in [0.4, 0.5) is 4.39 Å². The molecule has 0 aromatic heterocycles. The first-order valence-electron chi connectivity index (χ1n) is 6.54. The first-order valence-corrected chi connectivity index (χ1v) is 7.98. The molecule has 2 N–H and O–H groups in total. The number of hydrogen-bond donors (Lipinski definition) is 1. The predicted molar refractivity (Wildman–Crippen MR) is 79.5 cm³/mol. The highest BCUT2D eigenvalue weighted by molar-refractivity contribution is 7.89. The summed E-state index contributed by atoms with van der Waals surface area (Å²) in [7, 11) is -3.69. The van der Waals surface area contributed by atoms with Crippen LogP contribution in [0.25, 0.3) is 0 Å². The average molecular weight is 308 g/mol. The second kappa shape index (κ2) is 6.80. The van der Waals surface area contributed by atoms with Crippen molar-refractivity contribution in [3.63, 3.8) is 0 Å². The van der Waals surface area contributed by atoms with E-state index in [0.717, 1.165) is 17.7 Å². The van der Waals surface area contributed by atoms with Gasteiger partial charge >= 0.3 is 0 Å². The van der Waals surface area contributed by atoms with Crippen LogP contribution in [-0.4, -0.2) is 25.8 Å². The van der Waals surface area contributed by atoms with E-state index >= 15 is 0 Å². The number of nitrogens with two attached hydrogens (primary N) is 1. The summed E-state index contributed by atoms with van der Waals surface area (Å²) in [6.45, 7) is 0.652. The van der Waals surface area contributed by atoms with Crippen molar-refractivity contribution in [3.8, 4) is 0 Å². The molecular weight excluding hydrogens is 291 g/mol. The van der Waals surface area contributed by atoms with Crippen LogP contribution in [0.1, 0.15) is 5.56 Å². The molecular formula is C15H17FN2O2S. The zero-order chi connectivity index (χ0) is 15.3. The van der Waals surface area contributed by atoms with E-state index in [2.05, 4.69) is 0 Å². The van der Waals surface area contributed by atoms with Gasteiger partial charge < -0.3 is 5.73 Å². The Morgan fingerprint density at radius 1 is 1.00 bits per heavy atom. The topological polar surface area (TPSA) is 63.4 Å². The summed E-state index contributed by atoms with van der Waals surface area (Å²) < 4.78 is 39.4. The van der Waals surface area contributed by atoms with Gasteiger partial charge in [-0.15, -0.1) is 0 Å². The third-order valence-electron chi connectivity index (χ3n) is 3.03. The number of halogens is 1. The second-order valence-electron chi connectivity index (χ2n) is 4.57. The summed E-state index contributed by atoms with van der Waals surface area (Å²) in [6, 6.07) is 14.1. The molecule has 0 spiro atoms. The van der Waals surface area contributed by atoms with Gasteiger partial charge in [0.1, 0.15) is 5.82 Å². The maximum absolute atomic E-state index is 12.9. The molecule has 0 bridgehead atoms. The van der Waals surface area contributed by atoms with Crippen LogP contribution in [0.3, 0.4) is 0 Å². The fourth-order valence-electron chi connectivity index (χ4n) is 1.97. The van der Waals surface area contributed by atoms with Crippen LogP contribution in [0.5, 0.6) is 0 Å². The molecule has 0 amide bonds. The Morgan fingerprint density at radius 2 is 1.62 bits per heavy atom. The van der Waals surface area contributed by atoms with Crippen LogP contribution in [0.15, 0.2) is 59.5 Å². The van der Waals surface area contributed by atoms with Crippen molar-refractivity contribution in [1.82, 2.24) is 4.31 Å². The van der Waals surface area contributed by atoms with E-state index in [4.69, 9.17) is 5.73 Å². The summed E-state index contributed by atoms with van der Waals surface area (Å²) >= 11 is 0. The van der Waals surface area contributed by atoms with Gasteiger partial charge in [-0.2, -0.15) is 4.31 Å². The molecule has 0 fully saturated rings. The molecule has 2 aromatic rings. The molecule has 2 rings (SSSR count). The molecule has 0 radical (unpaired) electrons. The van der Waals surface area contributed by atoms with Crippen LogP contribution in [0, 0.1) is 5.82 Å². The predicted octanol–water partition coefficient (Wildman–Crippen LogP) is 1.98. The van der Waals surface area contributed by atoms with Gasteiger partial charge in [0.2, 0.25) is 10.0 Å². The summed E-state index contributed by atoms with van der Waals surface area (Å²) in [5, 5.41) is 0. The van der Waals surface area contributed by atoms with Gasteiger partial charge in [0.05, 0.1) is 4.90 Å². The lowest BCUT2D eigenvalue weighted by Crippen LogP contribution is -2.34. The Hall–Kier alpha value is -1.76. The largest absolute Gasteiger partial charge is 0.329 e. The standard InChI is InChI=1S/C15H17FN2O2S/c16-14-6-8-15(9-7-14)21(19,20)18(11-10-17)12-13-4-2-1-3-5-13/h1-9H,10-12,17H2. The van der Waals surface area contributed by atoms with Gasteiger partial charge in [-0.25, -0.2) is 12.8 Å². The lowest BCUT2D eigenvalue weighted by molar-refractivity contribution is 0.414. The van der Waals surface area contributed by atoms with Crippen LogP contribution >= 0.6 is 0 Å². The minimum atomic E-state index is -3.69. The van der Waals surface area contributed by atoms with Crippen molar-refractivity contribution in [3.05, 3.63) is 66.0 Å². The Labute approximate surface area is 124 Å². The third kappa shape index (κ3) is 3.87. The number of hydrogen-bond acceptors (Lipinski definition) is 3. The average Bonchev–Trinajstić information content (AvgIpc) is 2.48. The number of benzene rings is 2. The Kier molecular flexibility index (Phi) is 5.06. The third-order valence-corrected chi connectivity index (χ3v) is 4.89. The molecule has 0 aliphatic carbocycles. The smallest absolute Gasteiger partial charge is 0.243 e. The van der Waals surface area contributed by atoms with Crippen LogP contribution in [-0.2, 0) is 16.6 Å². The van der Waals surface area contributed by atoms with Gasteiger partial charge in [0, 0.05) is 19.6 Å². The van der Waals surface area contributed by atoms with E-state index in [-0.39, 0.29) is 24.5 Å². The normalized spacial score (nSPS) is 11.8. The van der Waals surface area contributed by atoms with Crippen molar-refractivity contribution in [2.45, 2.75) is 11.4 Å². The Morgan fingerprint density at radius 3 is 2.19 bits per heavy atom. The zero-order valence-corrected chi connectivity index (χ0v) is 12.3. The quantitative estimate of drug-likeness (QED) is 0.887. The van der Waals surface area contributed by atoms with Crippen molar-refractivity contribution in [2.24, 2.45) is 5.73 Å². The van der Waals surface area contributed by atoms with E-state index in [0.29, 0.717) is 0 Å². The van der Waals surface area contributed by atoms with E-state index in [1.54, 1.807) is 0 Å². The molecule has 2 aromatic carbocycles. The lowest BCUT2D eigenvalue weighted by atomic mass is 10.2. The maximum atomic E-state index is 12.9. The molecule has 0 aliphatic heterocycles. The second-order valence-corrected chi connectivity index (χ2v) is 6.50. The summed E-state index contributed by atoms with van der Waals surface area (Å²) in [6.07, 6.45) is 0. The molecule has 4 nitrogen and oxygen atoms in total. The Bertz CT molecular complexity index is 673. The minimum Gasteiger partial charge on any atom is -0.329 e. The van der Waals surface area contributed by atoms with Gasteiger partial charge in [0.25, 0.3) is 0 Å². The van der Waals surface area contributed by atoms with Gasteiger partial charge in [-0.1, -0.05) is 30.3 Å². The van der Waals surface area contributed by atoms with Crippen LogP contribution < -0.4 is 5.73 Å². The van der Waals surface area contributed by atoms with Crippen molar-refractivity contribution < 1.29 is 12.8 Å². The van der Waals surface area contributed by atoms with Gasteiger partial charge in [-0.3, -0.25) is 0 Å². The van der Waals surface area contributed by atoms with E-state index in [9.17, 15) is 12.8 Å². The maximum Gasteiger partial charge on any atom is 0.243 e. The monoisotopic (exact) mass is 308 g/mol. The number of nitrogens with zero attached hydrogens (tertiary/aromatic N) is 1. The molecule has 0 heterocycles. The van der Waals surface area contributed by atoms with E-state index in [1.807, 2.05) is 30.3 Å². The first kappa shape index (κ1) is 15.6. The van der Waals surface area contributed by atoms with E-state index in [1.165, 1.54) is 16.4 Å². The van der Waals surface area contributed by atoms with E-state index < -0.39 is 15.8 Å². The molecule has 112 valence electrons. The summed E-state index contributed by atoms with van der Waals surface area (Å²) in [4.78, 5) is 0.0632. The molecule has 0 saturated heterocycles. The highest BCUT2D eigenvalue weighted by atomic mass is 32.2. The summed E-state index contributed by atoms with van der Waals surface area (Å²) in [5.41, 5.74) is 6.39. The highest BCUT2D eigenvalue weighted by Crippen LogP contribution is 2.18. The fourth-order valence-corrected chi connectivity index (χ4v) is 3.41. The molecule has 0 unspecified atom stereocenters. The number of sulfonamides is 1. The molecule has 0 saturated carbocycles. The van der Waals surface area contributed by atoms with Crippen molar-refractivity contribution in [2.75, 3.05) is 13.1 Å². The molecule has 6 heteroatoms. The van der Waals surface area contributed by atoms with Gasteiger partial charge in [0.15, 0.2) is 0 Å². The first-order chi connectivity index (χ1) is 10.0. The molecule has 0 aliphatic rings. The summed E-state index contributed by atoms with van der Waals surface area (Å²) in [5.74, 6) is -0.470. The molecule has 21 heavy (non-hydrogen) atoms. The van der Waals surface area contributed by atoms with Gasteiger partial charge in [-0.05, 0) is 29.8 Å². The minimum absolute atomic E-state index is 0.0632. The fraction of sp³-hybridized carbons (Fsp3) is 0.200. The highest BCUT2D eigenvalue weighted by Gasteiger charge is 2.23.